The maximum absolute atomic E-state index is 6.08. The summed E-state index contributed by atoms with van der Waals surface area (Å²) in [6.07, 6.45) is 2.34. The number of imidazole rings is 1. The normalized spacial score (nSPS) is 11.4. The van der Waals surface area contributed by atoms with Gasteiger partial charge in [0.05, 0.1) is 18.0 Å². The monoisotopic (exact) mass is 294 g/mol. The average molecular weight is 295 g/mol. The van der Waals surface area contributed by atoms with Crippen LogP contribution in [0.25, 0.3) is 11.0 Å². The Hall–Kier alpha value is -1.22. The van der Waals surface area contributed by atoms with Crippen molar-refractivity contribution in [3.63, 3.8) is 0 Å². The van der Waals surface area contributed by atoms with E-state index in [0.29, 0.717) is 18.4 Å². The number of hydrogen-bond donors (Lipinski definition) is 0. The summed E-state index contributed by atoms with van der Waals surface area (Å²) in [6.45, 7) is 8.08. The lowest BCUT2D eigenvalue weighted by molar-refractivity contribution is 0.343. The number of alkyl halides is 1. The van der Waals surface area contributed by atoms with Crippen LogP contribution >= 0.6 is 11.6 Å². The van der Waals surface area contributed by atoms with E-state index in [-0.39, 0.29) is 0 Å². The molecule has 2 aromatic rings. The Morgan fingerprint density at radius 2 is 2.00 bits per heavy atom. The van der Waals surface area contributed by atoms with Gasteiger partial charge >= 0.3 is 0 Å². The molecule has 4 heteroatoms. The summed E-state index contributed by atoms with van der Waals surface area (Å²) < 4.78 is 7.92. The van der Waals surface area contributed by atoms with Gasteiger partial charge < -0.3 is 9.30 Å². The van der Waals surface area contributed by atoms with Crippen molar-refractivity contribution in [2.75, 3.05) is 6.61 Å². The molecule has 0 N–H and O–H groups in total. The van der Waals surface area contributed by atoms with Crippen molar-refractivity contribution in [3.05, 3.63) is 24.0 Å². The van der Waals surface area contributed by atoms with Gasteiger partial charge in [0, 0.05) is 6.54 Å². The van der Waals surface area contributed by atoms with Crippen LogP contribution in [0.2, 0.25) is 0 Å². The van der Waals surface area contributed by atoms with Gasteiger partial charge in [-0.1, -0.05) is 32.8 Å². The summed E-state index contributed by atoms with van der Waals surface area (Å²) in [6, 6.07) is 6.10. The molecule has 20 heavy (non-hydrogen) atoms. The quantitative estimate of drug-likeness (QED) is 0.697. The van der Waals surface area contributed by atoms with Gasteiger partial charge in [0.25, 0.3) is 0 Å². The lowest BCUT2D eigenvalue weighted by atomic mass is 10.0. The van der Waals surface area contributed by atoms with Crippen molar-refractivity contribution in [2.24, 2.45) is 5.92 Å². The van der Waals surface area contributed by atoms with Gasteiger partial charge in [-0.3, -0.25) is 0 Å². The molecule has 0 saturated carbocycles. The van der Waals surface area contributed by atoms with Crippen LogP contribution in [-0.4, -0.2) is 16.2 Å². The lowest BCUT2D eigenvalue weighted by Gasteiger charge is -2.15. The van der Waals surface area contributed by atoms with Gasteiger partial charge in [-0.05, 0) is 25.0 Å². The molecule has 0 atom stereocenters. The molecule has 0 amide bonds. The third-order valence-electron chi connectivity index (χ3n) is 3.84. The lowest BCUT2D eigenvalue weighted by Crippen LogP contribution is -2.11. The Kier molecular flexibility index (Phi) is 5.30. The minimum atomic E-state index is 0.431. The minimum Gasteiger partial charge on any atom is -0.492 e. The highest BCUT2D eigenvalue weighted by Gasteiger charge is 2.16. The molecule has 0 aliphatic carbocycles. The maximum atomic E-state index is 6.08. The smallest absolute Gasteiger partial charge is 0.147 e. The average Bonchev–Trinajstić information content (AvgIpc) is 2.84. The number of benzene rings is 1. The van der Waals surface area contributed by atoms with Gasteiger partial charge in [-0.25, -0.2) is 4.98 Å². The SMILES string of the molecule is CCOc1cccc2c1nc(CCl)n2CC(CC)CC. The second-order valence-electron chi connectivity index (χ2n) is 5.01. The molecule has 2 rings (SSSR count). The summed E-state index contributed by atoms with van der Waals surface area (Å²) >= 11 is 6.08. The summed E-state index contributed by atoms with van der Waals surface area (Å²) in [5.41, 5.74) is 2.05. The summed E-state index contributed by atoms with van der Waals surface area (Å²) in [5, 5.41) is 0. The summed E-state index contributed by atoms with van der Waals surface area (Å²) in [5.74, 6) is 2.87. The number of halogens is 1. The Labute approximate surface area is 125 Å². The van der Waals surface area contributed by atoms with Gasteiger partial charge in [0.2, 0.25) is 0 Å². The van der Waals surface area contributed by atoms with Crippen LogP contribution in [0.1, 0.15) is 39.4 Å². The van der Waals surface area contributed by atoms with E-state index in [0.717, 1.165) is 29.2 Å². The number of ether oxygens (including phenoxy) is 1. The largest absolute Gasteiger partial charge is 0.492 e. The third kappa shape index (κ3) is 2.93. The van der Waals surface area contributed by atoms with Crippen LogP contribution in [0, 0.1) is 5.92 Å². The van der Waals surface area contributed by atoms with Crippen molar-refractivity contribution in [1.82, 2.24) is 9.55 Å². The highest BCUT2D eigenvalue weighted by molar-refractivity contribution is 6.16. The predicted octanol–water partition coefficient (Wildman–Crippen LogP) is 4.61. The highest BCUT2D eigenvalue weighted by atomic mass is 35.5. The van der Waals surface area contributed by atoms with Crippen molar-refractivity contribution in [3.8, 4) is 5.75 Å². The van der Waals surface area contributed by atoms with Crippen LogP contribution in [0.15, 0.2) is 18.2 Å². The fourth-order valence-corrected chi connectivity index (χ4v) is 2.76. The van der Waals surface area contributed by atoms with E-state index < -0.39 is 0 Å². The third-order valence-corrected chi connectivity index (χ3v) is 4.07. The first kappa shape index (κ1) is 15.2. The first-order valence-corrected chi connectivity index (χ1v) is 7.95. The van der Waals surface area contributed by atoms with Crippen molar-refractivity contribution < 1.29 is 4.74 Å². The van der Waals surface area contributed by atoms with Crippen LogP contribution in [0.3, 0.4) is 0 Å². The minimum absolute atomic E-state index is 0.431. The first-order chi connectivity index (χ1) is 9.74. The topological polar surface area (TPSA) is 27.1 Å². The number of nitrogens with zero attached hydrogens (tertiary/aromatic N) is 2. The molecule has 0 fully saturated rings. The van der Waals surface area contributed by atoms with Crippen LogP contribution in [0.4, 0.5) is 0 Å². The molecule has 3 nitrogen and oxygen atoms in total. The number of para-hydroxylation sites is 1. The standard InChI is InChI=1S/C16H23ClN2O/c1-4-12(5-2)11-19-13-8-7-9-14(20-6-3)16(13)18-15(19)10-17/h7-9,12H,4-6,10-11H2,1-3H3. The Bertz CT molecular complexity index is 561. The first-order valence-electron chi connectivity index (χ1n) is 7.41. The van der Waals surface area contributed by atoms with Gasteiger partial charge in [-0.15, -0.1) is 11.6 Å². The fourth-order valence-electron chi connectivity index (χ4n) is 2.55. The molecule has 0 aliphatic rings. The molecular formula is C16H23ClN2O. The molecule has 0 radical (unpaired) electrons. The van der Waals surface area contributed by atoms with Gasteiger partial charge in [0.1, 0.15) is 17.1 Å². The molecule has 1 aromatic carbocycles. The van der Waals surface area contributed by atoms with Gasteiger partial charge in [0.15, 0.2) is 0 Å². The number of hydrogen-bond acceptors (Lipinski definition) is 2. The van der Waals surface area contributed by atoms with Crippen LogP contribution < -0.4 is 4.74 Å². The number of aromatic nitrogens is 2. The molecule has 0 aliphatic heterocycles. The van der Waals surface area contributed by atoms with E-state index in [1.54, 1.807) is 0 Å². The van der Waals surface area contributed by atoms with E-state index in [1.165, 1.54) is 12.8 Å². The Morgan fingerprint density at radius 3 is 2.60 bits per heavy atom. The Balaban J connectivity index is 2.49. The Morgan fingerprint density at radius 1 is 1.25 bits per heavy atom. The zero-order valence-corrected chi connectivity index (χ0v) is 13.3. The molecule has 1 aromatic heterocycles. The van der Waals surface area contributed by atoms with E-state index in [9.17, 15) is 0 Å². The van der Waals surface area contributed by atoms with Crippen LogP contribution in [-0.2, 0) is 12.4 Å². The predicted molar refractivity (Wildman–Crippen MR) is 84.5 cm³/mol. The summed E-state index contributed by atoms with van der Waals surface area (Å²) in [7, 11) is 0. The van der Waals surface area contributed by atoms with E-state index in [2.05, 4.69) is 29.5 Å². The molecular weight excluding hydrogens is 272 g/mol. The molecule has 0 saturated heterocycles. The van der Waals surface area contributed by atoms with E-state index >= 15 is 0 Å². The zero-order chi connectivity index (χ0) is 14.5. The second kappa shape index (κ2) is 6.98. The molecule has 0 unspecified atom stereocenters. The van der Waals surface area contributed by atoms with Crippen molar-refractivity contribution in [1.29, 1.82) is 0 Å². The molecule has 0 spiro atoms. The van der Waals surface area contributed by atoms with E-state index in [1.807, 2.05) is 19.1 Å². The fraction of sp³-hybridized carbons (Fsp3) is 0.562. The second-order valence-corrected chi connectivity index (χ2v) is 5.28. The number of fused-ring (bicyclic) bond motifs is 1. The van der Waals surface area contributed by atoms with Crippen LogP contribution in [0.5, 0.6) is 5.75 Å². The molecule has 0 bridgehead atoms. The zero-order valence-electron chi connectivity index (χ0n) is 12.5. The van der Waals surface area contributed by atoms with Crippen molar-refractivity contribution in [2.45, 2.75) is 46.0 Å². The highest BCUT2D eigenvalue weighted by Crippen LogP contribution is 2.28. The molecule has 1 heterocycles. The maximum Gasteiger partial charge on any atom is 0.147 e. The van der Waals surface area contributed by atoms with Crippen molar-refractivity contribution >= 4 is 22.6 Å². The van der Waals surface area contributed by atoms with Gasteiger partial charge in [-0.2, -0.15) is 0 Å². The van der Waals surface area contributed by atoms with E-state index in [4.69, 9.17) is 16.3 Å². The molecule has 110 valence electrons. The number of rotatable bonds is 7. The summed E-state index contributed by atoms with van der Waals surface area (Å²) in [4.78, 5) is 4.68.